The van der Waals surface area contributed by atoms with Crippen LogP contribution in [0.3, 0.4) is 0 Å². The molecule has 1 heterocycles. The van der Waals surface area contributed by atoms with E-state index in [2.05, 4.69) is 5.10 Å². The van der Waals surface area contributed by atoms with E-state index >= 15 is 0 Å². The predicted molar refractivity (Wildman–Crippen MR) is 54.9 cm³/mol. The molecule has 0 saturated heterocycles. The van der Waals surface area contributed by atoms with Crippen LogP contribution >= 0.6 is 0 Å². The summed E-state index contributed by atoms with van der Waals surface area (Å²) < 4.78 is 7.03. The van der Waals surface area contributed by atoms with Gasteiger partial charge in [-0.25, -0.2) is 4.79 Å². The quantitative estimate of drug-likeness (QED) is 0.748. The van der Waals surface area contributed by atoms with Gasteiger partial charge in [0.1, 0.15) is 6.61 Å². The number of carboxylic acid groups (broad SMARTS) is 1. The zero-order valence-corrected chi connectivity index (χ0v) is 8.75. The highest BCUT2D eigenvalue weighted by Gasteiger charge is 2.01. The first-order chi connectivity index (χ1) is 7.09. The summed E-state index contributed by atoms with van der Waals surface area (Å²) in [6.07, 6.45) is 5.87. The van der Waals surface area contributed by atoms with E-state index in [0.717, 1.165) is 6.08 Å². The van der Waals surface area contributed by atoms with Crippen LogP contribution in [0.5, 0.6) is 5.75 Å². The Morgan fingerprint density at radius 2 is 2.47 bits per heavy atom. The molecule has 0 fully saturated rings. The second kappa shape index (κ2) is 5.19. The van der Waals surface area contributed by atoms with E-state index in [9.17, 15) is 4.79 Å². The monoisotopic (exact) mass is 210 g/mol. The molecule has 0 atom stereocenters. The number of carbonyl (C=O) groups is 1. The van der Waals surface area contributed by atoms with Crippen molar-refractivity contribution < 1.29 is 14.6 Å². The number of aliphatic carboxylic acids is 1. The maximum absolute atomic E-state index is 10.1. The van der Waals surface area contributed by atoms with Crippen molar-refractivity contribution in [2.24, 2.45) is 0 Å². The van der Waals surface area contributed by atoms with Gasteiger partial charge in [-0.3, -0.25) is 4.68 Å². The average Bonchev–Trinajstić information content (AvgIpc) is 2.60. The topological polar surface area (TPSA) is 64.3 Å². The Morgan fingerprint density at radius 3 is 3.00 bits per heavy atom. The molecule has 15 heavy (non-hydrogen) atoms. The van der Waals surface area contributed by atoms with Gasteiger partial charge in [-0.15, -0.1) is 0 Å². The molecule has 0 aliphatic carbocycles. The van der Waals surface area contributed by atoms with Crippen molar-refractivity contribution in [3.8, 4) is 5.75 Å². The second-order valence-electron chi connectivity index (χ2n) is 3.30. The van der Waals surface area contributed by atoms with Crippen LogP contribution < -0.4 is 4.74 Å². The minimum absolute atomic E-state index is 0.232. The Hall–Kier alpha value is -1.78. The Morgan fingerprint density at radius 1 is 1.73 bits per heavy atom. The summed E-state index contributed by atoms with van der Waals surface area (Å²) in [7, 11) is 0. The Labute approximate surface area is 88.0 Å². The van der Waals surface area contributed by atoms with Crippen LogP contribution in [0.4, 0.5) is 0 Å². The minimum atomic E-state index is -0.975. The third kappa shape index (κ3) is 3.84. The zero-order valence-electron chi connectivity index (χ0n) is 8.75. The second-order valence-corrected chi connectivity index (χ2v) is 3.30. The Kier molecular flexibility index (Phi) is 3.91. The minimum Gasteiger partial charge on any atom is -0.486 e. The van der Waals surface area contributed by atoms with E-state index < -0.39 is 5.97 Å². The van der Waals surface area contributed by atoms with Crippen molar-refractivity contribution in [1.29, 1.82) is 0 Å². The first-order valence-electron chi connectivity index (χ1n) is 4.66. The van der Waals surface area contributed by atoms with Crippen molar-refractivity contribution in [1.82, 2.24) is 9.78 Å². The standard InChI is InChI=1S/C10H14N2O3/c1-8(2)12-7-9(6-11-12)15-5-3-4-10(13)14/h3-4,6-8H,5H2,1-2H3,(H,13,14)/b4-3+. The largest absolute Gasteiger partial charge is 0.486 e. The van der Waals surface area contributed by atoms with Crippen LogP contribution in [0, 0.1) is 0 Å². The molecular formula is C10H14N2O3. The van der Waals surface area contributed by atoms with Crippen LogP contribution in [-0.4, -0.2) is 27.5 Å². The fraction of sp³-hybridized carbons (Fsp3) is 0.400. The number of ether oxygens (including phenoxy) is 1. The molecule has 0 aliphatic rings. The van der Waals surface area contributed by atoms with Gasteiger partial charge in [0.05, 0.1) is 12.4 Å². The maximum Gasteiger partial charge on any atom is 0.328 e. The van der Waals surface area contributed by atoms with Crippen LogP contribution in [-0.2, 0) is 4.79 Å². The molecule has 0 radical (unpaired) electrons. The zero-order chi connectivity index (χ0) is 11.3. The van der Waals surface area contributed by atoms with Gasteiger partial charge in [-0.05, 0) is 19.9 Å². The van der Waals surface area contributed by atoms with E-state index in [0.29, 0.717) is 5.75 Å². The Balaban J connectivity index is 2.41. The average molecular weight is 210 g/mol. The highest BCUT2D eigenvalue weighted by molar-refractivity contribution is 5.79. The predicted octanol–water partition coefficient (Wildman–Crippen LogP) is 1.48. The van der Waals surface area contributed by atoms with E-state index in [1.54, 1.807) is 17.1 Å². The summed E-state index contributed by atoms with van der Waals surface area (Å²) in [6, 6.07) is 0.289. The number of hydrogen-bond donors (Lipinski definition) is 1. The number of carboxylic acids is 1. The van der Waals surface area contributed by atoms with Gasteiger partial charge in [0, 0.05) is 12.1 Å². The highest BCUT2D eigenvalue weighted by atomic mass is 16.5. The van der Waals surface area contributed by atoms with Crippen molar-refractivity contribution in [2.45, 2.75) is 19.9 Å². The van der Waals surface area contributed by atoms with Gasteiger partial charge in [0.25, 0.3) is 0 Å². The van der Waals surface area contributed by atoms with E-state index in [1.807, 2.05) is 13.8 Å². The van der Waals surface area contributed by atoms with Crippen LogP contribution in [0.2, 0.25) is 0 Å². The maximum atomic E-state index is 10.1. The lowest BCUT2D eigenvalue weighted by Crippen LogP contribution is -2.00. The summed E-state index contributed by atoms with van der Waals surface area (Å²) in [5.74, 6) is -0.338. The fourth-order valence-corrected chi connectivity index (χ4v) is 0.971. The molecule has 1 N–H and O–H groups in total. The van der Waals surface area contributed by atoms with Crippen molar-refractivity contribution in [3.05, 3.63) is 24.5 Å². The first kappa shape index (κ1) is 11.3. The molecule has 1 aromatic heterocycles. The molecule has 5 heteroatoms. The van der Waals surface area contributed by atoms with Gasteiger partial charge < -0.3 is 9.84 Å². The van der Waals surface area contributed by atoms with Crippen molar-refractivity contribution in [3.63, 3.8) is 0 Å². The SMILES string of the molecule is CC(C)n1cc(OC/C=C/C(=O)O)cn1. The van der Waals surface area contributed by atoms with Gasteiger partial charge in [0.15, 0.2) is 5.75 Å². The smallest absolute Gasteiger partial charge is 0.328 e. The van der Waals surface area contributed by atoms with Crippen LogP contribution in [0.1, 0.15) is 19.9 Å². The van der Waals surface area contributed by atoms with Crippen LogP contribution in [0.25, 0.3) is 0 Å². The lowest BCUT2D eigenvalue weighted by Gasteiger charge is -2.02. The van der Waals surface area contributed by atoms with Gasteiger partial charge in [0.2, 0.25) is 0 Å². The molecule has 0 saturated carbocycles. The molecule has 1 aromatic rings. The molecule has 1 rings (SSSR count). The third-order valence-electron chi connectivity index (χ3n) is 1.71. The van der Waals surface area contributed by atoms with E-state index in [1.165, 1.54) is 6.08 Å². The number of hydrogen-bond acceptors (Lipinski definition) is 3. The number of rotatable bonds is 5. The summed E-state index contributed by atoms with van der Waals surface area (Å²) in [4.78, 5) is 10.1. The van der Waals surface area contributed by atoms with Crippen molar-refractivity contribution >= 4 is 5.97 Å². The van der Waals surface area contributed by atoms with Gasteiger partial charge >= 0.3 is 5.97 Å². The molecule has 0 bridgehead atoms. The molecule has 0 unspecified atom stereocenters. The normalized spacial score (nSPS) is 11.1. The molecule has 0 aromatic carbocycles. The number of aromatic nitrogens is 2. The van der Waals surface area contributed by atoms with E-state index in [-0.39, 0.29) is 12.6 Å². The molecule has 0 amide bonds. The lowest BCUT2D eigenvalue weighted by atomic mass is 10.4. The molecule has 5 nitrogen and oxygen atoms in total. The van der Waals surface area contributed by atoms with Crippen molar-refractivity contribution in [2.75, 3.05) is 6.61 Å². The van der Waals surface area contributed by atoms with Gasteiger partial charge in [-0.1, -0.05) is 0 Å². The summed E-state index contributed by atoms with van der Waals surface area (Å²) in [6.45, 7) is 4.26. The third-order valence-corrected chi connectivity index (χ3v) is 1.71. The summed E-state index contributed by atoms with van der Waals surface area (Å²) in [5, 5.41) is 12.4. The van der Waals surface area contributed by atoms with E-state index in [4.69, 9.17) is 9.84 Å². The number of nitrogens with zero attached hydrogens (tertiary/aromatic N) is 2. The lowest BCUT2D eigenvalue weighted by molar-refractivity contribution is -0.131. The first-order valence-corrected chi connectivity index (χ1v) is 4.66. The molecule has 0 aliphatic heterocycles. The summed E-state index contributed by atoms with van der Waals surface area (Å²) in [5.41, 5.74) is 0. The van der Waals surface area contributed by atoms with Crippen LogP contribution in [0.15, 0.2) is 24.5 Å². The molecular weight excluding hydrogens is 196 g/mol. The summed E-state index contributed by atoms with van der Waals surface area (Å²) >= 11 is 0. The van der Waals surface area contributed by atoms with Gasteiger partial charge in [-0.2, -0.15) is 5.10 Å². The highest BCUT2D eigenvalue weighted by Crippen LogP contribution is 2.11. The molecule has 0 spiro atoms. The Bertz CT molecular complexity index is 355. The molecule has 82 valence electrons. The fourth-order valence-electron chi connectivity index (χ4n) is 0.971.